The fourth-order valence-electron chi connectivity index (χ4n) is 2.49. The third-order valence-electron chi connectivity index (χ3n) is 3.83. The summed E-state index contributed by atoms with van der Waals surface area (Å²) in [6, 6.07) is 17.3. The average Bonchev–Trinajstić information content (AvgIpc) is 3.08. The smallest absolute Gasteiger partial charge is 0.191 e. The van der Waals surface area contributed by atoms with E-state index in [1.807, 2.05) is 53.1 Å². The molecule has 1 heterocycles. The van der Waals surface area contributed by atoms with Gasteiger partial charge in [0.25, 0.3) is 0 Å². The summed E-state index contributed by atoms with van der Waals surface area (Å²) in [6.07, 6.45) is 0. The lowest BCUT2D eigenvalue weighted by Crippen LogP contribution is -2.07. The molecule has 3 rings (SSSR count). The van der Waals surface area contributed by atoms with Crippen LogP contribution in [0, 0.1) is 11.3 Å². The quantitative estimate of drug-likeness (QED) is 0.564. The second-order valence-electron chi connectivity index (χ2n) is 5.52. The second kappa shape index (κ2) is 8.86. The van der Waals surface area contributed by atoms with E-state index in [4.69, 9.17) is 16.3 Å². The number of thioether (sulfide) groups is 1. The van der Waals surface area contributed by atoms with Gasteiger partial charge >= 0.3 is 0 Å². The zero-order valence-electron chi connectivity index (χ0n) is 14.2. The monoisotopic (exact) mass is 384 g/mol. The largest absolute Gasteiger partial charge is 0.383 e. The fraction of sp³-hybridized carbons (Fsp3) is 0.211. The predicted molar refractivity (Wildman–Crippen MR) is 103 cm³/mol. The molecule has 0 spiro atoms. The molecule has 132 valence electrons. The van der Waals surface area contributed by atoms with Crippen molar-refractivity contribution in [3.05, 3.63) is 64.7 Å². The lowest BCUT2D eigenvalue weighted by Gasteiger charge is -2.10. The molecule has 0 aliphatic carbocycles. The molecule has 0 saturated heterocycles. The van der Waals surface area contributed by atoms with Crippen LogP contribution in [-0.2, 0) is 17.0 Å². The zero-order chi connectivity index (χ0) is 18.4. The molecule has 0 unspecified atom stereocenters. The molecule has 0 amide bonds. The third-order valence-corrected chi connectivity index (χ3v) is 5.10. The van der Waals surface area contributed by atoms with Crippen LogP contribution in [0.25, 0.3) is 11.4 Å². The van der Waals surface area contributed by atoms with E-state index in [0.29, 0.717) is 29.5 Å². The Hall–Kier alpha value is -2.33. The van der Waals surface area contributed by atoms with Crippen LogP contribution < -0.4 is 0 Å². The van der Waals surface area contributed by atoms with Gasteiger partial charge in [0.15, 0.2) is 11.0 Å². The first-order chi connectivity index (χ1) is 12.7. The highest BCUT2D eigenvalue weighted by Crippen LogP contribution is 2.28. The van der Waals surface area contributed by atoms with Crippen LogP contribution in [0.15, 0.2) is 53.7 Å². The van der Waals surface area contributed by atoms with Crippen molar-refractivity contribution >= 4 is 23.4 Å². The van der Waals surface area contributed by atoms with Crippen LogP contribution in [0.3, 0.4) is 0 Å². The minimum Gasteiger partial charge on any atom is -0.383 e. The molecule has 5 nitrogen and oxygen atoms in total. The Balaban J connectivity index is 1.87. The second-order valence-corrected chi connectivity index (χ2v) is 6.89. The molecule has 0 aliphatic heterocycles. The normalized spacial score (nSPS) is 10.7. The van der Waals surface area contributed by atoms with Crippen molar-refractivity contribution in [1.29, 1.82) is 5.26 Å². The van der Waals surface area contributed by atoms with Crippen LogP contribution in [0.4, 0.5) is 0 Å². The van der Waals surface area contributed by atoms with Gasteiger partial charge in [-0.25, -0.2) is 0 Å². The summed E-state index contributed by atoms with van der Waals surface area (Å²) in [5, 5.41) is 19.4. The van der Waals surface area contributed by atoms with Gasteiger partial charge in [0, 0.05) is 23.4 Å². The van der Waals surface area contributed by atoms with Gasteiger partial charge in [-0.3, -0.25) is 4.57 Å². The van der Waals surface area contributed by atoms with E-state index in [2.05, 4.69) is 16.3 Å². The number of aromatic nitrogens is 3. The van der Waals surface area contributed by atoms with Gasteiger partial charge in [0.05, 0.1) is 24.8 Å². The number of hydrogen-bond donors (Lipinski definition) is 0. The van der Waals surface area contributed by atoms with Crippen LogP contribution in [-0.4, -0.2) is 28.5 Å². The maximum atomic E-state index is 9.24. The maximum Gasteiger partial charge on any atom is 0.191 e. The van der Waals surface area contributed by atoms with E-state index in [-0.39, 0.29) is 0 Å². The van der Waals surface area contributed by atoms with Gasteiger partial charge in [-0.15, -0.1) is 10.2 Å². The Morgan fingerprint density at radius 1 is 1.15 bits per heavy atom. The highest BCUT2D eigenvalue weighted by molar-refractivity contribution is 7.98. The number of benzene rings is 2. The molecule has 0 saturated carbocycles. The number of nitrogens with zero attached hydrogens (tertiary/aromatic N) is 4. The Morgan fingerprint density at radius 3 is 2.65 bits per heavy atom. The Morgan fingerprint density at radius 2 is 1.92 bits per heavy atom. The van der Waals surface area contributed by atoms with E-state index >= 15 is 0 Å². The highest BCUT2D eigenvalue weighted by Gasteiger charge is 2.15. The lowest BCUT2D eigenvalue weighted by molar-refractivity contribution is 0.185. The van der Waals surface area contributed by atoms with Crippen molar-refractivity contribution in [2.24, 2.45) is 0 Å². The summed E-state index contributed by atoms with van der Waals surface area (Å²) in [5.74, 6) is 1.42. The molecular weight excluding hydrogens is 368 g/mol. The highest BCUT2D eigenvalue weighted by atomic mass is 35.5. The third kappa shape index (κ3) is 4.25. The van der Waals surface area contributed by atoms with Crippen molar-refractivity contribution in [2.75, 3.05) is 13.7 Å². The van der Waals surface area contributed by atoms with Gasteiger partial charge in [0.2, 0.25) is 0 Å². The number of halogens is 1. The van der Waals surface area contributed by atoms with E-state index < -0.39 is 0 Å². The maximum absolute atomic E-state index is 9.24. The first-order valence-corrected chi connectivity index (χ1v) is 9.38. The number of methoxy groups -OCH3 is 1. The standard InChI is InChI=1S/C19H17ClN4OS/c1-25-11-10-24-18(14-6-8-17(20)9-7-14)22-23-19(24)26-13-16-5-3-2-4-15(16)12-21/h2-9H,10-11,13H2,1H3. The molecule has 0 bridgehead atoms. The molecule has 1 aromatic heterocycles. The Kier molecular flexibility index (Phi) is 6.29. The van der Waals surface area contributed by atoms with E-state index in [1.165, 1.54) is 0 Å². The Labute approximate surface area is 161 Å². The molecule has 0 atom stereocenters. The topological polar surface area (TPSA) is 63.7 Å². The van der Waals surface area contributed by atoms with E-state index in [1.54, 1.807) is 18.9 Å². The zero-order valence-corrected chi connectivity index (χ0v) is 15.8. The Bertz CT molecular complexity index is 918. The van der Waals surface area contributed by atoms with Crippen molar-refractivity contribution in [2.45, 2.75) is 17.5 Å². The van der Waals surface area contributed by atoms with Gasteiger partial charge in [0.1, 0.15) is 0 Å². The summed E-state index contributed by atoms with van der Waals surface area (Å²) < 4.78 is 7.26. The molecule has 0 fully saturated rings. The summed E-state index contributed by atoms with van der Waals surface area (Å²) in [7, 11) is 1.67. The molecule has 2 aromatic carbocycles. The summed E-state index contributed by atoms with van der Waals surface area (Å²) in [5.41, 5.74) is 2.61. The molecule has 0 N–H and O–H groups in total. The van der Waals surface area contributed by atoms with Crippen molar-refractivity contribution in [3.8, 4) is 17.5 Å². The molecule has 26 heavy (non-hydrogen) atoms. The van der Waals surface area contributed by atoms with Gasteiger partial charge in [-0.05, 0) is 35.9 Å². The fourth-order valence-corrected chi connectivity index (χ4v) is 3.58. The number of hydrogen-bond acceptors (Lipinski definition) is 5. The van der Waals surface area contributed by atoms with Crippen LogP contribution >= 0.6 is 23.4 Å². The van der Waals surface area contributed by atoms with Crippen molar-refractivity contribution < 1.29 is 4.74 Å². The number of rotatable bonds is 7. The summed E-state index contributed by atoms with van der Waals surface area (Å²) in [4.78, 5) is 0. The average molecular weight is 385 g/mol. The number of nitriles is 1. The predicted octanol–water partition coefficient (Wildman–Crippen LogP) is 4.41. The molecule has 0 aliphatic rings. The molecular formula is C19H17ClN4OS. The lowest BCUT2D eigenvalue weighted by atomic mass is 10.1. The summed E-state index contributed by atoms with van der Waals surface area (Å²) >= 11 is 7.54. The van der Waals surface area contributed by atoms with Crippen LogP contribution in [0.2, 0.25) is 5.02 Å². The van der Waals surface area contributed by atoms with E-state index in [0.717, 1.165) is 22.1 Å². The number of ether oxygens (including phenoxy) is 1. The van der Waals surface area contributed by atoms with Gasteiger partial charge in [-0.2, -0.15) is 5.26 Å². The van der Waals surface area contributed by atoms with Crippen LogP contribution in [0.1, 0.15) is 11.1 Å². The SMILES string of the molecule is COCCn1c(SCc2ccccc2C#N)nnc1-c1ccc(Cl)cc1. The van der Waals surface area contributed by atoms with Gasteiger partial charge < -0.3 is 4.74 Å². The van der Waals surface area contributed by atoms with Gasteiger partial charge in [-0.1, -0.05) is 41.6 Å². The molecule has 0 radical (unpaired) electrons. The summed E-state index contributed by atoms with van der Waals surface area (Å²) in [6.45, 7) is 1.20. The first kappa shape index (κ1) is 18.5. The van der Waals surface area contributed by atoms with E-state index in [9.17, 15) is 5.26 Å². The van der Waals surface area contributed by atoms with Crippen LogP contribution in [0.5, 0.6) is 0 Å². The van der Waals surface area contributed by atoms with Crippen molar-refractivity contribution in [1.82, 2.24) is 14.8 Å². The first-order valence-electron chi connectivity index (χ1n) is 8.02. The minimum atomic E-state index is 0.557. The minimum absolute atomic E-state index is 0.557. The molecule has 3 aromatic rings. The van der Waals surface area contributed by atoms with Crippen molar-refractivity contribution in [3.63, 3.8) is 0 Å². The molecule has 7 heteroatoms.